The maximum Gasteiger partial charge on any atom is 0.143 e. The first kappa shape index (κ1) is 10.9. The summed E-state index contributed by atoms with van der Waals surface area (Å²) in [4.78, 5) is 3.97. The normalized spacial score (nSPS) is 9.41. The summed E-state index contributed by atoms with van der Waals surface area (Å²) in [5.41, 5.74) is 3.03. The van der Waals surface area contributed by atoms with Gasteiger partial charge in [0.2, 0.25) is 0 Å². The molecular formula is C12H10N4O. The number of nitrogens with zero attached hydrogens (tertiary/aromatic N) is 2. The van der Waals surface area contributed by atoms with Crippen molar-refractivity contribution in [3.8, 4) is 17.6 Å². The Balaban J connectivity index is 2.16. The van der Waals surface area contributed by atoms with Gasteiger partial charge < -0.3 is 10.2 Å². The van der Waals surface area contributed by atoms with Gasteiger partial charge in [0.25, 0.3) is 0 Å². The van der Waals surface area contributed by atoms with E-state index in [1.54, 1.807) is 42.6 Å². The number of ether oxygens (including phenoxy) is 1. The lowest BCUT2D eigenvalue weighted by Gasteiger charge is -2.06. The molecule has 0 aliphatic carbocycles. The number of benzene rings is 1. The fourth-order valence-corrected chi connectivity index (χ4v) is 1.29. The Morgan fingerprint density at radius 1 is 1.18 bits per heavy atom. The summed E-state index contributed by atoms with van der Waals surface area (Å²) in [6, 6.07) is 12.3. The molecule has 0 fully saturated rings. The Bertz CT molecular complexity index is 545. The fourth-order valence-electron chi connectivity index (χ4n) is 1.29. The Hall–Kier alpha value is -2.58. The predicted molar refractivity (Wildman–Crippen MR) is 63.3 cm³/mol. The minimum Gasteiger partial charge on any atom is -0.457 e. The van der Waals surface area contributed by atoms with Gasteiger partial charge in [0.05, 0.1) is 11.6 Å². The second-order valence-electron chi connectivity index (χ2n) is 3.26. The van der Waals surface area contributed by atoms with Gasteiger partial charge >= 0.3 is 0 Å². The zero-order valence-corrected chi connectivity index (χ0v) is 8.92. The summed E-state index contributed by atoms with van der Waals surface area (Å²) in [6.07, 6.45) is 1.59. The van der Waals surface area contributed by atoms with Gasteiger partial charge in [0.1, 0.15) is 17.3 Å². The third kappa shape index (κ3) is 2.71. The van der Waals surface area contributed by atoms with Crippen LogP contribution in [0.4, 0.5) is 5.82 Å². The number of hydrogen-bond donors (Lipinski definition) is 2. The Labute approximate surface area is 98.4 Å². The van der Waals surface area contributed by atoms with Crippen molar-refractivity contribution in [1.82, 2.24) is 4.98 Å². The number of anilines is 1. The molecule has 0 spiro atoms. The Kier molecular flexibility index (Phi) is 3.19. The number of aromatic nitrogens is 1. The zero-order chi connectivity index (χ0) is 12.1. The highest BCUT2D eigenvalue weighted by Gasteiger charge is 1.99. The largest absolute Gasteiger partial charge is 0.457 e. The number of hydrogen-bond acceptors (Lipinski definition) is 5. The molecule has 5 heteroatoms. The van der Waals surface area contributed by atoms with Crippen LogP contribution in [0, 0.1) is 11.3 Å². The van der Waals surface area contributed by atoms with Crippen LogP contribution in [0.5, 0.6) is 11.5 Å². The van der Waals surface area contributed by atoms with Gasteiger partial charge in [-0.2, -0.15) is 5.26 Å². The number of nitrogen functional groups attached to an aromatic ring is 1. The van der Waals surface area contributed by atoms with E-state index in [2.05, 4.69) is 10.4 Å². The maximum atomic E-state index is 8.67. The first-order valence-electron chi connectivity index (χ1n) is 4.92. The monoisotopic (exact) mass is 226 g/mol. The van der Waals surface area contributed by atoms with Crippen molar-refractivity contribution < 1.29 is 4.74 Å². The van der Waals surface area contributed by atoms with Crippen molar-refractivity contribution in [2.75, 3.05) is 5.43 Å². The molecule has 84 valence electrons. The van der Waals surface area contributed by atoms with Gasteiger partial charge in [-0.05, 0) is 30.3 Å². The molecule has 0 bridgehead atoms. The van der Waals surface area contributed by atoms with E-state index in [1.165, 1.54) is 0 Å². The lowest BCUT2D eigenvalue weighted by Crippen LogP contribution is -2.08. The summed E-state index contributed by atoms with van der Waals surface area (Å²) in [5.74, 6) is 7.04. The SMILES string of the molecule is N#Cc1ccc(Oc2ccnc(NN)c2)cc1. The van der Waals surface area contributed by atoms with E-state index in [-0.39, 0.29) is 0 Å². The molecule has 1 aromatic carbocycles. The molecule has 17 heavy (non-hydrogen) atoms. The molecule has 0 amide bonds. The fraction of sp³-hybridized carbons (Fsp3) is 0. The number of pyridine rings is 1. The molecule has 0 aliphatic rings. The van der Waals surface area contributed by atoms with E-state index in [1.807, 2.05) is 6.07 Å². The van der Waals surface area contributed by atoms with Gasteiger partial charge in [0.15, 0.2) is 0 Å². The average Bonchev–Trinajstić information content (AvgIpc) is 2.40. The second-order valence-corrected chi connectivity index (χ2v) is 3.26. The van der Waals surface area contributed by atoms with Crippen LogP contribution < -0.4 is 16.0 Å². The molecule has 0 unspecified atom stereocenters. The van der Waals surface area contributed by atoms with Gasteiger partial charge in [-0.1, -0.05) is 0 Å². The van der Waals surface area contributed by atoms with Gasteiger partial charge in [-0.25, -0.2) is 10.8 Å². The summed E-state index contributed by atoms with van der Waals surface area (Å²) >= 11 is 0. The molecule has 1 heterocycles. The van der Waals surface area contributed by atoms with Crippen LogP contribution in [0.25, 0.3) is 0 Å². The number of hydrazine groups is 1. The van der Waals surface area contributed by atoms with Crippen molar-refractivity contribution in [3.05, 3.63) is 48.2 Å². The molecule has 0 aliphatic heterocycles. The first-order chi connectivity index (χ1) is 8.31. The van der Waals surface area contributed by atoms with E-state index in [4.69, 9.17) is 15.8 Å². The number of nitrogens with two attached hydrogens (primary N) is 1. The van der Waals surface area contributed by atoms with Crippen LogP contribution in [-0.2, 0) is 0 Å². The molecular weight excluding hydrogens is 216 g/mol. The van der Waals surface area contributed by atoms with Gasteiger partial charge in [-0.3, -0.25) is 0 Å². The van der Waals surface area contributed by atoms with E-state index >= 15 is 0 Å². The third-order valence-electron chi connectivity index (χ3n) is 2.10. The van der Waals surface area contributed by atoms with Crippen LogP contribution >= 0.6 is 0 Å². The van der Waals surface area contributed by atoms with Crippen molar-refractivity contribution in [2.45, 2.75) is 0 Å². The average molecular weight is 226 g/mol. The highest BCUT2D eigenvalue weighted by atomic mass is 16.5. The highest BCUT2D eigenvalue weighted by molar-refractivity contribution is 5.42. The van der Waals surface area contributed by atoms with E-state index in [0.29, 0.717) is 22.9 Å². The second kappa shape index (κ2) is 4.96. The quantitative estimate of drug-likeness (QED) is 0.618. The minimum atomic E-state index is 0.524. The van der Waals surface area contributed by atoms with Crippen molar-refractivity contribution in [2.24, 2.45) is 5.84 Å². The minimum absolute atomic E-state index is 0.524. The van der Waals surface area contributed by atoms with Crippen LogP contribution in [0.3, 0.4) is 0 Å². The lowest BCUT2D eigenvalue weighted by atomic mass is 10.2. The Morgan fingerprint density at radius 2 is 1.94 bits per heavy atom. The smallest absolute Gasteiger partial charge is 0.143 e. The molecule has 0 atom stereocenters. The molecule has 3 N–H and O–H groups in total. The predicted octanol–water partition coefficient (Wildman–Crippen LogP) is 2.03. The van der Waals surface area contributed by atoms with Crippen LogP contribution in [0.2, 0.25) is 0 Å². The molecule has 2 aromatic rings. The van der Waals surface area contributed by atoms with Gasteiger partial charge in [0, 0.05) is 12.3 Å². The van der Waals surface area contributed by atoms with Crippen LogP contribution in [0.1, 0.15) is 5.56 Å². The number of nitriles is 1. The van der Waals surface area contributed by atoms with Crippen molar-refractivity contribution in [3.63, 3.8) is 0 Å². The third-order valence-corrected chi connectivity index (χ3v) is 2.10. The van der Waals surface area contributed by atoms with E-state index in [9.17, 15) is 0 Å². The van der Waals surface area contributed by atoms with E-state index in [0.717, 1.165) is 0 Å². The molecule has 1 aromatic heterocycles. The van der Waals surface area contributed by atoms with Crippen molar-refractivity contribution >= 4 is 5.82 Å². The zero-order valence-electron chi connectivity index (χ0n) is 8.92. The molecule has 0 radical (unpaired) electrons. The maximum absolute atomic E-state index is 8.67. The Morgan fingerprint density at radius 3 is 2.59 bits per heavy atom. The molecule has 5 nitrogen and oxygen atoms in total. The number of nitrogens with one attached hydrogen (secondary N) is 1. The topological polar surface area (TPSA) is 84.0 Å². The molecule has 0 saturated heterocycles. The van der Waals surface area contributed by atoms with Crippen molar-refractivity contribution in [1.29, 1.82) is 5.26 Å². The highest BCUT2D eigenvalue weighted by Crippen LogP contribution is 2.22. The molecule has 0 saturated carbocycles. The summed E-state index contributed by atoms with van der Waals surface area (Å²) in [6.45, 7) is 0. The van der Waals surface area contributed by atoms with E-state index < -0.39 is 0 Å². The van der Waals surface area contributed by atoms with Gasteiger partial charge in [-0.15, -0.1) is 0 Å². The molecule has 2 rings (SSSR count). The number of rotatable bonds is 3. The van der Waals surface area contributed by atoms with Crippen LogP contribution in [0.15, 0.2) is 42.6 Å². The summed E-state index contributed by atoms with van der Waals surface area (Å²) < 4.78 is 5.58. The summed E-state index contributed by atoms with van der Waals surface area (Å²) in [7, 11) is 0. The summed E-state index contributed by atoms with van der Waals surface area (Å²) in [5, 5.41) is 8.67. The standard InChI is InChI=1S/C12H10N4O/c13-8-9-1-3-10(4-2-9)17-11-5-6-15-12(7-11)16-14/h1-7H,14H2,(H,15,16). The van der Waals surface area contributed by atoms with Crippen LogP contribution in [-0.4, -0.2) is 4.98 Å². The lowest BCUT2D eigenvalue weighted by molar-refractivity contribution is 0.482. The first-order valence-corrected chi connectivity index (χ1v) is 4.92.